The Balaban J connectivity index is 2.65. The van der Waals surface area contributed by atoms with Crippen LogP contribution in [0.15, 0.2) is 36.4 Å². The molecule has 2 rings (SSSR count). The Labute approximate surface area is 115 Å². The molecule has 0 N–H and O–H groups in total. The Morgan fingerprint density at radius 2 is 1.63 bits per heavy atom. The van der Waals surface area contributed by atoms with Crippen molar-refractivity contribution < 1.29 is 4.74 Å². The largest absolute Gasteiger partial charge is 0.496 e. The molecule has 0 radical (unpaired) electrons. The molecule has 0 unspecified atom stereocenters. The third kappa shape index (κ3) is 2.63. The van der Waals surface area contributed by atoms with E-state index in [0.717, 1.165) is 16.9 Å². The molecule has 0 aliphatic rings. The molecule has 0 spiro atoms. The molecule has 1 nitrogen and oxygen atoms in total. The monoisotopic (exact) mass is 250 g/mol. The molecular formula is C18H18O. The lowest BCUT2D eigenvalue weighted by Gasteiger charge is -2.14. The van der Waals surface area contributed by atoms with Gasteiger partial charge in [-0.3, -0.25) is 0 Å². The minimum absolute atomic E-state index is 0.906. The van der Waals surface area contributed by atoms with E-state index in [-0.39, 0.29) is 0 Å². The highest BCUT2D eigenvalue weighted by Crippen LogP contribution is 2.34. The lowest BCUT2D eigenvalue weighted by atomic mass is 9.93. The molecular weight excluding hydrogens is 232 g/mol. The van der Waals surface area contributed by atoms with Gasteiger partial charge in [0, 0.05) is 11.1 Å². The van der Waals surface area contributed by atoms with Gasteiger partial charge in [0.05, 0.1) is 7.11 Å². The van der Waals surface area contributed by atoms with Gasteiger partial charge in [-0.1, -0.05) is 24.1 Å². The fourth-order valence-corrected chi connectivity index (χ4v) is 2.46. The first kappa shape index (κ1) is 13.2. The molecule has 0 bridgehead atoms. The van der Waals surface area contributed by atoms with E-state index in [1.807, 2.05) is 25.1 Å². The van der Waals surface area contributed by atoms with Crippen LogP contribution in [0.25, 0.3) is 11.1 Å². The van der Waals surface area contributed by atoms with Gasteiger partial charge < -0.3 is 4.74 Å². The predicted octanol–water partition coefficient (Wildman–Crippen LogP) is 4.35. The van der Waals surface area contributed by atoms with Gasteiger partial charge in [0.25, 0.3) is 0 Å². The Kier molecular flexibility index (Phi) is 3.92. The summed E-state index contributed by atoms with van der Waals surface area (Å²) in [5.74, 6) is 6.97. The minimum atomic E-state index is 0.906. The molecule has 2 aromatic carbocycles. The molecule has 0 aromatic heterocycles. The van der Waals surface area contributed by atoms with E-state index < -0.39 is 0 Å². The molecule has 1 heteroatoms. The first-order valence-corrected chi connectivity index (χ1v) is 6.34. The first-order chi connectivity index (χ1) is 9.17. The molecule has 0 saturated heterocycles. The van der Waals surface area contributed by atoms with Gasteiger partial charge in [0.15, 0.2) is 0 Å². The van der Waals surface area contributed by atoms with Crippen LogP contribution < -0.4 is 4.74 Å². The van der Waals surface area contributed by atoms with Crippen molar-refractivity contribution >= 4 is 0 Å². The second-order valence-electron chi connectivity index (χ2n) is 4.56. The third-order valence-electron chi connectivity index (χ3n) is 3.18. The standard InChI is InChI=1S/C18H18O/c1-5-8-15-11-13(2)18(14(3)12-15)16-9-6-7-10-17(16)19-4/h6-7,9-12H,1-4H3. The quantitative estimate of drug-likeness (QED) is 0.720. The maximum Gasteiger partial charge on any atom is 0.126 e. The van der Waals surface area contributed by atoms with E-state index >= 15 is 0 Å². The van der Waals surface area contributed by atoms with E-state index in [1.54, 1.807) is 7.11 Å². The van der Waals surface area contributed by atoms with Crippen molar-refractivity contribution in [3.63, 3.8) is 0 Å². The van der Waals surface area contributed by atoms with Gasteiger partial charge >= 0.3 is 0 Å². The van der Waals surface area contributed by atoms with Crippen molar-refractivity contribution in [1.82, 2.24) is 0 Å². The zero-order valence-electron chi connectivity index (χ0n) is 11.9. The number of benzene rings is 2. The van der Waals surface area contributed by atoms with Crippen LogP contribution in [-0.2, 0) is 0 Å². The normalized spacial score (nSPS) is 9.68. The molecule has 0 heterocycles. The first-order valence-electron chi connectivity index (χ1n) is 6.34. The van der Waals surface area contributed by atoms with Crippen LogP contribution in [0, 0.1) is 25.7 Å². The number of hydrogen-bond donors (Lipinski definition) is 0. The molecule has 0 atom stereocenters. The molecule has 19 heavy (non-hydrogen) atoms. The molecule has 96 valence electrons. The average molecular weight is 250 g/mol. The summed E-state index contributed by atoms with van der Waals surface area (Å²) in [6.07, 6.45) is 0. The summed E-state index contributed by atoms with van der Waals surface area (Å²) < 4.78 is 5.46. The van der Waals surface area contributed by atoms with E-state index in [2.05, 4.69) is 43.9 Å². The van der Waals surface area contributed by atoms with Crippen molar-refractivity contribution in [1.29, 1.82) is 0 Å². The summed E-state index contributed by atoms with van der Waals surface area (Å²) in [5.41, 5.74) is 5.88. The molecule has 0 aliphatic heterocycles. The molecule has 0 saturated carbocycles. The maximum absolute atomic E-state index is 5.46. The van der Waals surface area contributed by atoms with Crippen LogP contribution in [0.5, 0.6) is 5.75 Å². The number of methoxy groups -OCH3 is 1. The number of rotatable bonds is 2. The van der Waals surface area contributed by atoms with Crippen molar-refractivity contribution in [2.45, 2.75) is 20.8 Å². The maximum atomic E-state index is 5.46. The summed E-state index contributed by atoms with van der Waals surface area (Å²) in [6.45, 7) is 6.10. The van der Waals surface area contributed by atoms with Crippen molar-refractivity contribution in [3.05, 3.63) is 53.1 Å². The lowest BCUT2D eigenvalue weighted by Crippen LogP contribution is -1.93. The van der Waals surface area contributed by atoms with Crippen LogP contribution in [0.3, 0.4) is 0 Å². The summed E-state index contributed by atoms with van der Waals surface area (Å²) in [4.78, 5) is 0. The SMILES string of the molecule is CC#Cc1cc(C)c(-c2ccccc2OC)c(C)c1. The Morgan fingerprint density at radius 3 is 2.21 bits per heavy atom. The highest BCUT2D eigenvalue weighted by atomic mass is 16.5. The molecule has 2 aromatic rings. The van der Waals surface area contributed by atoms with Gasteiger partial charge in [0.2, 0.25) is 0 Å². The number of hydrogen-bond acceptors (Lipinski definition) is 1. The Hall–Kier alpha value is -2.20. The van der Waals surface area contributed by atoms with Crippen LogP contribution in [0.1, 0.15) is 23.6 Å². The van der Waals surface area contributed by atoms with Crippen LogP contribution >= 0.6 is 0 Å². The highest BCUT2D eigenvalue weighted by molar-refractivity contribution is 5.77. The van der Waals surface area contributed by atoms with Crippen molar-refractivity contribution in [2.24, 2.45) is 0 Å². The van der Waals surface area contributed by atoms with Gasteiger partial charge in [0.1, 0.15) is 5.75 Å². The minimum Gasteiger partial charge on any atom is -0.496 e. The second-order valence-corrected chi connectivity index (χ2v) is 4.56. The second kappa shape index (κ2) is 5.63. The van der Waals surface area contributed by atoms with Crippen molar-refractivity contribution in [2.75, 3.05) is 7.11 Å². The van der Waals surface area contributed by atoms with E-state index in [0.29, 0.717) is 0 Å². The number of para-hydroxylation sites is 1. The van der Waals surface area contributed by atoms with Gasteiger partial charge in [-0.2, -0.15) is 0 Å². The van der Waals surface area contributed by atoms with Crippen LogP contribution in [0.4, 0.5) is 0 Å². The zero-order chi connectivity index (χ0) is 13.8. The van der Waals surface area contributed by atoms with Gasteiger partial charge in [-0.05, 0) is 55.7 Å². The molecule has 0 aliphatic carbocycles. The van der Waals surface area contributed by atoms with E-state index in [1.165, 1.54) is 16.7 Å². The topological polar surface area (TPSA) is 9.23 Å². The predicted molar refractivity (Wildman–Crippen MR) is 80.5 cm³/mol. The summed E-state index contributed by atoms with van der Waals surface area (Å²) >= 11 is 0. The third-order valence-corrected chi connectivity index (χ3v) is 3.18. The number of ether oxygens (including phenoxy) is 1. The summed E-state index contributed by atoms with van der Waals surface area (Å²) in [6, 6.07) is 12.4. The van der Waals surface area contributed by atoms with Gasteiger partial charge in [-0.25, -0.2) is 0 Å². The zero-order valence-corrected chi connectivity index (χ0v) is 11.9. The highest BCUT2D eigenvalue weighted by Gasteiger charge is 2.11. The van der Waals surface area contributed by atoms with E-state index in [9.17, 15) is 0 Å². The van der Waals surface area contributed by atoms with E-state index in [4.69, 9.17) is 4.74 Å². The smallest absolute Gasteiger partial charge is 0.126 e. The fraction of sp³-hybridized carbons (Fsp3) is 0.222. The van der Waals surface area contributed by atoms with Crippen LogP contribution in [0.2, 0.25) is 0 Å². The van der Waals surface area contributed by atoms with Gasteiger partial charge in [-0.15, -0.1) is 5.92 Å². The number of aryl methyl sites for hydroxylation is 2. The van der Waals surface area contributed by atoms with Crippen molar-refractivity contribution in [3.8, 4) is 28.7 Å². The summed E-state index contributed by atoms with van der Waals surface area (Å²) in [7, 11) is 1.71. The Bertz CT molecular complexity index is 634. The molecule has 0 fully saturated rings. The fourth-order valence-electron chi connectivity index (χ4n) is 2.46. The van der Waals surface area contributed by atoms with Crippen LogP contribution in [-0.4, -0.2) is 7.11 Å². The lowest BCUT2D eigenvalue weighted by molar-refractivity contribution is 0.416. The Morgan fingerprint density at radius 1 is 1.00 bits per heavy atom. The average Bonchev–Trinajstić information content (AvgIpc) is 2.39. The summed E-state index contributed by atoms with van der Waals surface area (Å²) in [5, 5.41) is 0. The molecule has 0 amide bonds.